The molecule has 2 aromatic carbocycles. The van der Waals surface area contributed by atoms with Crippen LogP contribution in [0.15, 0.2) is 102 Å². The van der Waals surface area contributed by atoms with Gasteiger partial charge in [-0.1, -0.05) is 60.7 Å². The molecule has 4 rings (SSSR count). The smallest absolute Gasteiger partial charge is 0.417 e. The Kier molecular flexibility index (Phi) is 8.96. The van der Waals surface area contributed by atoms with Crippen molar-refractivity contribution in [2.75, 3.05) is 0 Å². The molecule has 0 radical (unpaired) electrons. The van der Waals surface area contributed by atoms with Crippen molar-refractivity contribution >= 4 is 17.6 Å². The molecule has 0 N–H and O–H groups in total. The molecule has 1 aliphatic rings. The predicted octanol–water partition coefficient (Wildman–Crippen LogP) is 8.21. The molecule has 0 unspecified atom stereocenters. The summed E-state index contributed by atoms with van der Waals surface area (Å²) in [5.74, 6) is 1.44. The van der Waals surface area contributed by atoms with Gasteiger partial charge >= 0.3 is 6.09 Å². The van der Waals surface area contributed by atoms with Crippen LogP contribution in [0.4, 0.5) is 10.6 Å². The van der Waals surface area contributed by atoms with Crippen LogP contribution in [-0.4, -0.2) is 32.9 Å². The SMILES string of the molecule is Cc1c(CN(C(=O)OC(C)(C)C)C(OC(C)(C)C)=C2CC=CO2)ccnc1N=C(c1ccccc1)c1ccccc1. The van der Waals surface area contributed by atoms with Crippen molar-refractivity contribution in [2.45, 2.75) is 72.6 Å². The van der Waals surface area contributed by atoms with Crippen LogP contribution in [0.25, 0.3) is 0 Å². The minimum Gasteiger partial charge on any atom is -0.471 e. The highest BCUT2D eigenvalue weighted by molar-refractivity contribution is 6.13. The van der Waals surface area contributed by atoms with E-state index in [4.69, 9.17) is 19.2 Å². The zero-order valence-electron chi connectivity index (χ0n) is 25.0. The van der Waals surface area contributed by atoms with Crippen LogP contribution in [-0.2, 0) is 20.8 Å². The van der Waals surface area contributed by atoms with Crippen LogP contribution in [0.1, 0.15) is 70.2 Å². The summed E-state index contributed by atoms with van der Waals surface area (Å²) in [5, 5.41) is 0. The van der Waals surface area contributed by atoms with E-state index in [1.54, 1.807) is 12.5 Å². The van der Waals surface area contributed by atoms with Gasteiger partial charge in [-0.25, -0.2) is 19.7 Å². The Hall–Kier alpha value is -4.39. The number of aromatic nitrogens is 1. The molecular weight excluding hydrogens is 514 g/mol. The minimum atomic E-state index is -0.704. The average molecular weight is 554 g/mol. The number of carbonyl (C=O) groups is 1. The van der Waals surface area contributed by atoms with E-state index in [0.29, 0.717) is 23.9 Å². The van der Waals surface area contributed by atoms with Gasteiger partial charge in [-0.2, -0.15) is 0 Å². The first-order valence-electron chi connectivity index (χ1n) is 13.8. The highest BCUT2D eigenvalue weighted by atomic mass is 16.6. The van der Waals surface area contributed by atoms with Crippen molar-refractivity contribution in [3.8, 4) is 0 Å². The molecule has 0 bridgehead atoms. The van der Waals surface area contributed by atoms with Crippen molar-refractivity contribution in [3.05, 3.63) is 119 Å². The van der Waals surface area contributed by atoms with E-state index in [2.05, 4.69) is 4.98 Å². The fraction of sp³-hybridized carbons (Fsp3) is 0.324. The summed E-state index contributed by atoms with van der Waals surface area (Å²) in [6.07, 6.45) is 5.18. The number of aliphatic imine (C=N–C) groups is 1. The first-order chi connectivity index (χ1) is 19.4. The van der Waals surface area contributed by atoms with Gasteiger partial charge in [0.25, 0.3) is 0 Å². The number of hydrogen-bond acceptors (Lipinski definition) is 6. The zero-order chi connectivity index (χ0) is 29.6. The maximum atomic E-state index is 13.7. The van der Waals surface area contributed by atoms with Gasteiger partial charge in [0.1, 0.15) is 11.2 Å². The molecule has 0 saturated carbocycles. The Morgan fingerprint density at radius 1 is 0.902 bits per heavy atom. The first-order valence-corrected chi connectivity index (χ1v) is 13.8. The number of rotatable bonds is 7. The largest absolute Gasteiger partial charge is 0.471 e. The Bertz CT molecular complexity index is 1400. The topological polar surface area (TPSA) is 73.2 Å². The van der Waals surface area contributed by atoms with E-state index in [0.717, 1.165) is 28.0 Å². The second-order valence-corrected chi connectivity index (χ2v) is 11.8. The van der Waals surface area contributed by atoms with E-state index < -0.39 is 17.3 Å². The quantitative estimate of drug-likeness (QED) is 0.218. The fourth-order valence-electron chi connectivity index (χ4n) is 4.17. The van der Waals surface area contributed by atoms with Gasteiger partial charge in [0.15, 0.2) is 11.6 Å². The van der Waals surface area contributed by atoms with E-state index in [1.807, 2.05) is 121 Å². The number of allylic oxidation sites excluding steroid dienone is 1. The lowest BCUT2D eigenvalue weighted by Crippen LogP contribution is -2.39. The molecule has 7 heteroatoms. The van der Waals surface area contributed by atoms with Crippen molar-refractivity contribution in [1.82, 2.24) is 9.88 Å². The predicted molar refractivity (Wildman–Crippen MR) is 162 cm³/mol. The molecule has 0 spiro atoms. The van der Waals surface area contributed by atoms with Crippen LogP contribution >= 0.6 is 0 Å². The molecule has 1 aromatic heterocycles. The zero-order valence-corrected chi connectivity index (χ0v) is 25.0. The van der Waals surface area contributed by atoms with E-state index in [1.165, 1.54) is 4.90 Å². The molecule has 0 aliphatic carbocycles. The molecule has 1 aliphatic heterocycles. The van der Waals surface area contributed by atoms with Crippen molar-refractivity contribution in [3.63, 3.8) is 0 Å². The maximum Gasteiger partial charge on any atom is 0.417 e. The first kappa shape index (κ1) is 29.6. The Morgan fingerprint density at radius 3 is 2.00 bits per heavy atom. The third-order valence-electron chi connectivity index (χ3n) is 6.04. The lowest BCUT2D eigenvalue weighted by molar-refractivity contribution is -0.0264. The molecule has 2 heterocycles. The van der Waals surface area contributed by atoms with Gasteiger partial charge in [0.05, 0.1) is 18.5 Å². The van der Waals surface area contributed by atoms with Crippen molar-refractivity contribution in [1.29, 1.82) is 0 Å². The molecule has 214 valence electrons. The molecule has 1 amide bonds. The number of nitrogens with zero attached hydrogens (tertiary/aromatic N) is 3. The summed E-state index contributed by atoms with van der Waals surface area (Å²) in [7, 11) is 0. The molecule has 0 atom stereocenters. The van der Waals surface area contributed by atoms with Crippen LogP contribution in [0.5, 0.6) is 0 Å². The molecular formula is C34H39N3O4. The summed E-state index contributed by atoms with van der Waals surface area (Å²) in [5.41, 5.74) is 3.19. The molecule has 0 fully saturated rings. The van der Waals surface area contributed by atoms with Crippen LogP contribution in [0.2, 0.25) is 0 Å². The second kappa shape index (κ2) is 12.4. The van der Waals surface area contributed by atoms with Gasteiger partial charge in [0, 0.05) is 23.7 Å². The Balaban J connectivity index is 1.79. The van der Waals surface area contributed by atoms with Crippen LogP contribution < -0.4 is 0 Å². The van der Waals surface area contributed by atoms with Crippen molar-refractivity contribution < 1.29 is 19.0 Å². The number of pyridine rings is 1. The average Bonchev–Trinajstić information content (AvgIpc) is 3.45. The fourth-order valence-corrected chi connectivity index (χ4v) is 4.17. The van der Waals surface area contributed by atoms with Gasteiger partial charge in [-0.3, -0.25) is 0 Å². The lowest BCUT2D eigenvalue weighted by Gasteiger charge is -2.33. The third kappa shape index (κ3) is 8.07. The number of amides is 1. The van der Waals surface area contributed by atoms with E-state index >= 15 is 0 Å². The summed E-state index contributed by atoms with van der Waals surface area (Å²) in [6, 6.07) is 22.0. The van der Waals surface area contributed by atoms with Crippen LogP contribution in [0, 0.1) is 6.92 Å². The normalized spacial score (nSPS) is 14.2. The van der Waals surface area contributed by atoms with Crippen LogP contribution in [0.3, 0.4) is 0 Å². The summed E-state index contributed by atoms with van der Waals surface area (Å²) in [6.45, 7) is 13.5. The lowest BCUT2D eigenvalue weighted by atomic mass is 10.0. The Morgan fingerprint density at radius 2 is 1.49 bits per heavy atom. The standard InChI is InChI=1S/C34H39N3O4/c1-24-27(20-21-35-30(24)36-29(25-15-10-8-11-16-25)26-17-12-9-13-18-26)23-37(32(38)41-34(5,6)7)31(40-33(2,3)4)28-19-14-22-39-28/h8-18,20-22H,19,23H2,1-7H3. The summed E-state index contributed by atoms with van der Waals surface area (Å²) < 4.78 is 17.9. The van der Waals surface area contributed by atoms with Crippen molar-refractivity contribution in [2.24, 2.45) is 4.99 Å². The number of ether oxygens (including phenoxy) is 3. The van der Waals surface area contributed by atoms with E-state index in [-0.39, 0.29) is 6.54 Å². The number of hydrogen-bond donors (Lipinski definition) is 0. The van der Waals surface area contributed by atoms with Gasteiger partial charge in [-0.15, -0.1) is 0 Å². The molecule has 41 heavy (non-hydrogen) atoms. The monoisotopic (exact) mass is 553 g/mol. The minimum absolute atomic E-state index is 0.177. The number of carbonyl (C=O) groups excluding carboxylic acids is 1. The highest BCUT2D eigenvalue weighted by Crippen LogP contribution is 2.31. The Labute approximate surface area is 243 Å². The number of benzene rings is 2. The maximum absolute atomic E-state index is 13.7. The van der Waals surface area contributed by atoms with Gasteiger partial charge in [-0.05, 0) is 71.7 Å². The van der Waals surface area contributed by atoms with Gasteiger partial charge < -0.3 is 14.2 Å². The second-order valence-electron chi connectivity index (χ2n) is 11.8. The summed E-state index contributed by atoms with van der Waals surface area (Å²) >= 11 is 0. The third-order valence-corrected chi connectivity index (χ3v) is 6.04. The summed E-state index contributed by atoms with van der Waals surface area (Å²) in [4.78, 5) is 24.8. The van der Waals surface area contributed by atoms with Gasteiger partial charge in [0.2, 0.25) is 5.88 Å². The molecule has 3 aromatic rings. The molecule has 7 nitrogen and oxygen atoms in total. The highest BCUT2D eigenvalue weighted by Gasteiger charge is 2.32. The van der Waals surface area contributed by atoms with E-state index in [9.17, 15) is 4.79 Å². The molecule has 0 saturated heterocycles.